The van der Waals surface area contributed by atoms with Crippen LogP contribution in [0.15, 0.2) is 0 Å². The minimum absolute atomic E-state index is 0.0685. The van der Waals surface area contributed by atoms with E-state index in [-0.39, 0.29) is 18.0 Å². The van der Waals surface area contributed by atoms with Crippen LogP contribution < -0.4 is 0 Å². The van der Waals surface area contributed by atoms with E-state index in [0.717, 1.165) is 49.9 Å². The number of hydrogen-bond donors (Lipinski definition) is 0. The number of rotatable bonds is 15. The number of hydrogen-bond acceptors (Lipinski definition) is 3. The van der Waals surface area contributed by atoms with Crippen molar-refractivity contribution in [3.05, 3.63) is 0 Å². The predicted octanol–water partition coefficient (Wildman–Crippen LogP) is 5.46. The molecule has 2 aliphatic heterocycles. The molecule has 0 aliphatic carbocycles. The molecule has 2 saturated heterocycles. The van der Waals surface area contributed by atoms with Gasteiger partial charge in [-0.2, -0.15) is 0 Å². The van der Waals surface area contributed by atoms with Crippen molar-refractivity contribution >= 4 is 11.9 Å². The molecule has 2 heterocycles. The number of quaternary nitrogens is 1. The summed E-state index contributed by atoms with van der Waals surface area (Å²) in [7, 11) is 2.30. The van der Waals surface area contributed by atoms with Crippen molar-refractivity contribution in [2.24, 2.45) is 0 Å². The van der Waals surface area contributed by atoms with Gasteiger partial charge in [0.05, 0.1) is 26.7 Å². The SMILES string of the molecule is CCCCCCCCCCCC(=O)O[C@@H](CN1CCCC1=O)C[N+]1(C)CCCCCC1. The molecule has 2 aliphatic rings. The van der Waals surface area contributed by atoms with E-state index < -0.39 is 0 Å². The maximum atomic E-state index is 12.6. The molecule has 180 valence electrons. The maximum Gasteiger partial charge on any atom is 0.306 e. The fourth-order valence-corrected chi connectivity index (χ4v) is 5.23. The molecular weight excluding hydrogens is 388 g/mol. The van der Waals surface area contributed by atoms with Gasteiger partial charge in [-0.3, -0.25) is 9.59 Å². The molecule has 5 nitrogen and oxygen atoms in total. The third-order valence-electron chi connectivity index (χ3n) is 7.17. The zero-order chi connectivity index (χ0) is 22.4. The summed E-state index contributed by atoms with van der Waals surface area (Å²) in [4.78, 5) is 26.7. The van der Waals surface area contributed by atoms with Crippen LogP contribution in [-0.4, -0.2) is 67.1 Å². The predicted molar refractivity (Wildman–Crippen MR) is 127 cm³/mol. The third kappa shape index (κ3) is 10.9. The zero-order valence-electron chi connectivity index (χ0n) is 20.5. The first kappa shape index (κ1) is 26.2. The van der Waals surface area contributed by atoms with E-state index in [1.54, 1.807) is 0 Å². The molecule has 0 bridgehead atoms. The van der Waals surface area contributed by atoms with Crippen molar-refractivity contribution in [1.29, 1.82) is 0 Å². The lowest BCUT2D eigenvalue weighted by molar-refractivity contribution is -0.911. The van der Waals surface area contributed by atoms with Gasteiger partial charge >= 0.3 is 5.97 Å². The molecule has 31 heavy (non-hydrogen) atoms. The minimum Gasteiger partial charge on any atom is -0.454 e. The zero-order valence-corrected chi connectivity index (χ0v) is 20.5. The molecule has 0 radical (unpaired) electrons. The molecule has 1 atom stereocenters. The van der Waals surface area contributed by atoms with Crippen molar-refractivity contribution < 1.29 is 18.8 Å². The fraction of sp³-hybridized carbons (Fsp3) is 0.923. The van der Waals surface area contributed by atoms with Gasteiger partial charge in [0, 0.05) is 19.4 Å². The molecule has 0 saturated carbocycles. The lowest BCUT2D eigenvalue weighted by atomic mass is 10.1. The van der Waals surface area contributed by atoms with Crippen LogP contribution in [0.5, 0.6) is 0 Å². The van der Waals surface area contributed by atoms with Crippen LogP contribution in [0.3, 0.4) is 0 Å². The summed E-state index contributed by atoms with van der Waals surface area (Å²) >= 11 is 0. The fourth-order valence-electron chi connectivity index (χ4n) is 5.23. The molecule has 0 aromatic rings. The Balaban J connectivity index is 1.73. The quantitative estimate of drug-likeness (QED) is 0.194. The molecule has 0 spiro atoms. The highest BCUT2D eigenvalue weighted by Gasteiger charge is 2.33. The number of esters is 1. The molecule has 0 N–H and O–H groups in total. The van der Waals surface area contributed by atoms with E-state index in [2.05, 4.69) is 14.0 Å². The van der Waals surface area contributed by atoms with Crippen LogP contribution in [0.25, 0.3) is 0 Å². The van der Waals surface area contributed by atoms with Crippen molar-refractivity contribution in [3.8, 4) is 0 Å². The lowest BCUT2D eigenvalue weighted by Gasteiger charge is -2.37. The van der Waals surface area contributed by atoms with E-state index in [0.29, 0.717) is 19.4 Å². The first-order valence-electron chi connectivity index (χ1n) is 13.3. The number of ether oxygens (including phenoxy) is 1. The third-order valence-corrected chi connectivity index (χ3v) is 7.17. The summed E-state index contributed by atoms with van der Waals surface area (Å²) in [6.07, 6.45) is 18.3. The van der Waals surface area contributed by atoms with Crippen molar-refractivity contribution in [1.82, 2.24) is 4.90 Å². The lowest BCUT2D eigenvalue weighted by Crippen LogP contribution is -2.53. The highest BCUT2D eigenvalue weighted by molar-refractivity contribution is 5.78. The molecule has 0 aromatic carbocycles. The van der Waals surface area contributed by atoms with E-state index >= 15 is 0 Å². The number of amides is 1. The van der Waals surface area contributed by atoms with Crippen LogP contribution in [0.4, 0.5) is 0 Å². The Morgan fingerprint density at radius 2 is 1.55 bits per heavy atom. The van der Waals surface area contributed by atoms with E-state index in [9.17, 15) is 9.59 Å². The highest BCUT2D eigenvalue weighted by Crippen LogP contribution is 2.20. The van der Waals surface area contributed by atoms with Crippen LogP contribution in [0.2, 0.25) is 0 Å². The van der Waals surface area contributed by atoms with Gasteiger partial charge in [-0.25, -0.2) is 0 Å². The maximum absolute atomic E-state index is 12.6. The number of nitrogens with zero attached hydrogens (tertiary/aromatic N) is 2. The minimum atomic E-state index is -0.170. The normalized spacial score (nSPS) is 19.9. The Morgan fingerprint density at radius 3 is 2.13 bits per heavy atom. The van der Waals surface area contributed by atoms with Crippen LogP contribution in [-0.2, 0) is 14.3 Å². The number of unbranched alkanes of at least 4 members (excludes halogenated alkanes) is 8. The summed E-state index contributed by atoms with van der Waals surface area (Å²) in [5.41, 5.74) is 0. The van der Waals surface area contributed by atoms with Crippen molar-refractivity contribution in [2.75, 3.05) is 39.8 Å². The van der Waals surface area contributed by atoms with E-state index in [1.807, 2.05) is 4.90 Å². The Labute approximate surface area is 191 Å². The van der Waals surface area contributed by atoms with Gasteiger partial charge in [0.1, 0.15) is 6.54 Å². The van der Waals surface area contributed by atoms with Crippen molar-refractivity contribution in [2.45, 2.75) is 116 Å². The second-order valence-electron chi connectivity index (χ2n) is 10.3. The standard InChI is InChI=1S/C26H49N2O3/c1-3-4-5-6-7-8-9-10-13-18-26(30)31-24(22-27-19-16-17-25(27)29)23-28(2)20-14-11-12-15-21-28/h24H,3-23H2,1-2H3/q+1/t24-/m0/s1. The van der Waals surface area contributed by atoms with Crippen LogP contribution in [0.1, 0.15) is 110 Å². The summed E-state index contributed by atoms with van der Waals surface area (Å²) < 4.78 is 6.96. The molecule has 5 heteroatoms. The average molecular weight is 438 g/mol. The van der Waals surface area contributed by atoms with Crippen molar-refractivity contribution in [3.63, 3.8) is 0 Å². The first-order valence-corrected chi connectivity index (χ1v) is 13.3. The molecular formula is C26H49N2O3+. The summed E-state index contributed by atoms with van der Waals surface area (Å²) in [5.74, 6) is 0.152. The summed E-state index contributed by atoms with van der Waals surface area (Å²) in [5, 5.41) is 0. The van der Waals surface area contributed by atoms with Gasteiger partial charge in [-0.05, 0) is 38.5 Å². The summed E-state index contributed by atoms with van der Waals surface area (Å²) in [6.45, 7) is 6.79. The van der Waals surface area contributed by atoms with Gasteiger partial charge in [0.25, 0.3) is 0 Å². The number of carbonyl (C=O) groups is 2. The van der Waals surface area contributed by atoms with Gasteiger partial charge < -0.3 is 14.1 Å². The average Bonchev–Trinajstić information content (AvgIpc) is 3.00. The molecule has 1 amide bonds. The second kappa shape index (κ2) is 14.9. The van der Waals surface area contributed by atoms with Gasteiger partial charge in [-0.15, -0.1) is 0 Å². The van der Waals surface area contributed by atoms with E-state index in [4.69, 9.17) is 4.74 Å². The smallest absolute Gasteiger partial charge is 0.306 e. The number of likely N-dealkylation sites (N-methyl/N-ethyl adjacent to an activating group) is 1. The first-order chi connectivity index (χ1) is 15.0. The molecule has 2 rings (SSSR count). The second-order valence-corrected chi connectivity index (χ2v) is 10.3. The molecule has 2 fully saturated rings. The Kier molecular flexibility index (Phi) is 12.5. The van der Waals surface area contributed by atoms with Gasteiger partial charge in [0.15, 0.2) is 6.10 Å². The highest BCUT2D eigenvalue weighted by atomic mass is 16.5. The Morgan fingerprint density at radius 1 is 0.935 bits per heavy atom. The number of likely N-dealkylation sites (tertiary alicyclic amines) is 2. The largest absolute Gasteiger partial charge is 0.454 e. The molecule has 0 unspecified atom stereocenters. The Bertz CT molecular complexity index is 515. The van der Waals surface area contributed by atoms with Crippen LogP contribution >= 0.6 is 0 Å². The van der Waals surface area contributed by atoms with Crippen LogP contribution in [0, 0.1) is 0 Å². The van der Waals surface area contributed by atoms with E-state index in [1.165, 1.54) is 70.6 Å². The van der Waals surface area contributed by atoms with Gasteiger partial charge in [0.2, 0.25) is 5.91 Å². The molecule has 0 aromatic heterocycles. The summed E-state index contributed by atoms with van der Waals surface area (Å²) in [6, 6.07) is 0. The monoisotopic (exact) mass is 437 g/mol. The number of carbonyl (C=O) groups excluding carboxylic acids is 2. The van der Waals surface area contributed by atoms with Gasteiger partial charge in [-0.1, -0.05) is 58.3 Å². The topological polar surface area (TPSA) is 46.6 Å². The Hall–Kier alpha value is -1.10.